The number of amides is 1. The predicted molar refractivity (Wildman–Crippen MR) is 154 cm³/mol. The van der Waals surface area contributed by atoms with Gasteiger partial charge in [0.05, 0.1) is 39.7 Å². The smallest absolute Gasteiger partial charge is 0.396 e. The van der Waals surface area contributed by atoms with Crippen LogP contribution < -0.4 is 20.1 Å². The van der Waals surface area contributed by atoms with Crippen molar-refractivity contribution in [2.45, 2.75) is 68.6 Å². The highest BCUT2D eigenvalue weighted by atomic mass is 32.2. The first kappa shape index (κ1) is 33.1. The minimum atomic E-state index is -4.47. The summed E-state index contributed by atoms with van der Waals surface area (Å²) < 4.78 is 48.0. The minimum Gasteiger partial charge on any atom is -0.397 e. The molecule has 0 aliphatic carbocycles. The van der Waals surface area contributed by atoms with Gasteiger partial charge in [0.15, 0.2) is 7.85 Å². The number of carbonyl (C=O) groups is 1. The summed E-state index contributed by atoms with van der Waals surface area (Å²) in [5.74, 6) is -1.85. The molecule has 4 heterocycles. The number of hydrogen-bond acceptors (Lipinski definition) is 11. The normalized spacial score (nSPS) is 24.2. The molecule has 1 fully saturated rings. The summed E-state index contributed by atoms with van der Waals surface area (Å²) in [6.07, 6.45) is -0.848. The lowest BCUT2D eigenvalue weighted by atomic mass is 9.58. The molecule has 12 nitrogen and oxygen atoms in total. The molecule has 2 aromatic rings. The summed E-state index contributed by atoms with van der Waals surface area (Å²) in [5, 5.41) is 39.7. The average molecular weight is 621 g/mol. The summed E-state index contributed by atoms with van der Waals surface area (Å²) in [6.45, 7) is 5.97. The number of H-pyrrole nitrogens is 1. The van der Waals surface area contributed by atoms with Crippen LogP contribution in [0, 0.1) is 18.3 Å². The molecule has 3 unspecified atom stereocenters. The van der Waals surface area contributed by atoms with E-state index in [4.69, 9.17) is 20.4 Å². The van der Waals surface area contributed by atoms with Gasteiger partial charge in [0.1, 0.15) is 31.4 Å². The van der Waals surface area contributed by atoms with Crippen molar-refractivity contribution >= 4 is 45.2 Å². The van der Waals surface area contributed by atoms with Gasteiger partial charge in [-0.3, -0.25) is 19.6 Å². The first-order valence-electron chi connectivity index (χ1n) is 13.1. The largest absolute Gasteiger partial charge is 0.397 e. The number of aryl methyl sites for hydroxylation is 1. The molecule has 18 heteroatoms. The van der Waals surface area contributed by atoms with Crippen molar-refractivity contribution < 1.29 is 38.0 Å². The molecule has 0 aromatic carbocycles. The lowest BCUT2D eigenvalue weighted by Gasteiger charge is -2.43. The van der Waals surface area contributed by atoms with Gasteiger partial charge in [0.25, 0.3) is 5.91 Å². The number of hydrazine groups is 1. The van der Waals surface area contributed by atoms with Gasteiger partial charge in [-0.15, -0.1) is 0 Å². The number of pyridine rings is 1. The molecule has 3 atom stereocenters. The number of aromatic nitrogens is 3. The fourth-order valence-electron chi connectivity index (χ4n) is 4.56. The van der Waals surface area contributed by atoms with Crippen LogP contribution in [0.1, 0.15) is 43.7 Å². The molecule has 0 bridgehead atoms. The number of halogens is 3. The quantitative estimate of drug-likeness (QED) is 0.136. The molecule has 2 aliphatic heterocycles. The Morgan fingerprint density at radius 2 is 1.98 bits per heavy atom. The highest BCUT2D eigenvalue weighted by Gasteiger charge is 2.60. The van der Waals surface area contributed by atoms with Gasteiger partial charge in [-0.25, -0.2) is 4.98 Å². The third kappa shape index (κ3) is 6.40. The summed E-state index contributed by atoms with van der Waals surface area (Å²) in [4.78, 5) is 20.2. The Bertz CT molecular complexity index is 1380. The summed E-state index contributed by atoms with van der Waals surface area (Å²) >= 11 is 1.01. The molecule has 0 spiro atoms. The van der Waals surface area contributed by atoms with Gasteiger partial charge in [0.2, 0.25) is 0 Å². The monoisotopic (exact) mass is 621 g/mol. The van der Waals surface area contributed by atoms with E-state index in [2.05, 4.69) is 25.3 Å². The van der Waals surface area contributed by atoms with Crippen molar-refractivity contribution in [3.05, 3.63) is 41.9 Å². The van der Waals surface area contributed by atoms with Gasteiger partial charge >= 0.3 is 6.18 Å². The van der Waals surface area contributed by atoms with Crippen LogP contribution in [0.3, 0.4) is 0 Å². The predicted octanol–water partition coefficient (Wildman–Crippen LogP) is 1.20. The zero-order valence-electron chi connectivity index (χ0n) is 24.1. The molecule has 1 amide bonds. The zero-order valence-corrected chi connectivity index (χ0v) is 24.9. The first-order valence-corrected chi connectivity index (χ1v) is 13.9. The van der Waals surface area contributed by atoms with Crippen LogP contribution in [0.4, 0.5) is 24.8 Å². The van der Waals surface area contributed by atoms with E-state index in [0.29, 0.717) is 4.90 Å². The standard InChI is InChI=1S/C25H32B2F3N7O5S/c1-13-15(10-31-33-13)43-35-20(38)14-6-7-17(37-9-8-18(34-37)42-12-21(2,3)25(28,29)30)32-19(14)36-11-16(24(27,40)41)23(26,39)22(36,4)5/h6-10,16,18,34,39-41H,11-12H2,1-5H3,(H,31,33)(H,35,38). The third-order valence-corrected chi connectivity index (χ3v) is 8.70. The van der Waals surface area contributed by atoms with Crippen molar-refractivity contribution in [1.82, 2.24) is 25.3 Å². The Balaban J connectivity index is 1.65. The first-order chi connectivity index (χ1) is 19.7. The molecule has 43 heavy (non-hydrogen) atoms. The molecular weight excluding hydrogens is 589 g/mol. The van der Waals surface area contributed by atoms with Crippen molar-refractivity contribution in [1.29, 1.82) is 0 Å². The van der Waals surface area contributed by atoms with E-state index in [9.17, 15) is 33.3 Å². The maximum atomic E-state index is 13.4. The molecule has 4 rings (SSSR count). The maximum Gasteiger partial charge on any atom is 0.396 e. The van der Waals surface area contributed by atoms with Gasteiger partial charge in [-0.1, -0.05) is 0 Å². The van der Waals surface area contributed by atoms with Crippen LogP contribution in [0.5, 0.6) is 0 Å². The zero-order chi connectivity index (χ0) is 32.2. The fraction of sp³-hybridized carbons (Fsp3) is 0.560. The highest BCUT2D eigenvalue weighted by Crippen LogP contribution is 2.46. The number of carbonyl (C=O) groups excluding carboxylic acids is 1. The topological polar surface area (TPSA) is 159 Å². The second-order valence-electron chi connectivity index (χ2n) is 11.7. The van der Waals surface area contributed by atoms with Crippen molar-refractivity contribution in [3.63, 3.8) is 0 Å². The summed E-state index contributed by atoms with van der Waals surface area (Å²) in [5.41, 5.74) is -5.01. The van der Waals surface area contributed by atoms with Crippen LogP contribution in [0.2, 0.25) is 0 Å². The van der Waals surface area contributed by atoms with E-state index in [1.165, 1.54) is 54.4 Å². The van der Waals surface area contributed by atoms with E-state index in [1.807, 2.05) is 0 Å². The van der Waals surface area contributed by atoms with Gasteiger partial charge in [-0.05, 0) is 64.8 Å². The second-order valence-corrected chi connectivity index (χ2v) is 12.6. The number of aromatic amines is 1. The van der Waals surface area contributed by atoms with E-state index >= 15 is 0 Å². The summed E-state index contributed by atoms with van der Waals surface area (Å²) in [7, 11) is 11.7. The average Bonchev–Trinajstić information content (AvgIpc) is 3.57. The Morgan fingerprint density at radius 3 is 2.53 bits per heavy atom. The van der Waals surface area contributed by atoms with Crippen LogP contribution >= 0.6 is 11.9 Å². The molecule has 4 radical (unpaired) electrons. The second kappa shape index (κ2) is 11.3. The van der Waals surface area contributed by atoms with Crippen LogP contribution in [0.25, 0.3) is 0 Å². The van der Waals surface area contributed by atoms with E-state index in [0.717, 1.165) is 31.5 Å². The molecule has 0 saturated carbocycles. The maximum absolute atomic E-state index is 13.4. The van der Waals surface area contributed by atoms with Crippen molar-refractivity contribution in [2.75, 3.05) is 23.1 Å². The van der Waals surface area contributed by atoms with Crippen molar-refractivity contribution in [2.24, 2.45) is 11.3 Å². The van der Waals surface area contributed by atoms with Crippen LogP contribution in [-0.2, 0) is 4.74 Å². The SMILES string of the molecule is [B]C(O)(O)C1CN(c2nc(N3C=CC(OCC(C)(C)C(F)(F)F)N3)ccc2C(=O)NSc2cn[nH]c2C)C(C)(C)C1([B])O. The third-order valence-electron chi connectivity index (χ3n) is 7.78. The van der Waals surface area contributed by atoms with Crippen molar-refractivity contribution in [3.8, 4) is 0 Å². The molecular formula is C25H32B2F3N7O5S. The summed E-state index contributed by atoms with van der Waals surface area (Å²) in [6, 6.07) is 2.95. The van der Waals surface area contributed by atoms with Crippen LogP contribution in [0.15, 0.2) is 35.5 Å². The molecule has 1 saturated heterocycles. The number of alkyl halides is 3. The number of rotatable bonds is 9. The number of nitrogens with one attached hydrogen (secondary N) is 3. The number of ether oxygens (including phenoxy) is 1. The molecule has 230 valence electrons. The number of aliphatic hydroxyl groups is 3. The fourth-order valence-corrected chi connectivity index (χ4v) is 5.18. The Kier molecular flexibility index (Phi) is 8.71. The van der Waals surface area contributed by atoms with E-state index < -0.39 is 53.0 Å². The van der Waals surface area contributed by atoms with Gasteiger partial charge in [-0.2, -0.15) is 23.7 Å². The van der Waals surface area contributed by atoms with Crippen LogP contribution in [-0.4, -0.2) is 94.4 Å². The van der Waals surface area contributed by atoms with Gasteiger partial charge in [0, 0.05) is 24.4 Å². The Labute approximate surface area is 253 Å². The Hall–Kier alpha value is -2.76. The number of anilines is 2. The molecule has 2 aliphatic rings. The Morgan fingerprint density at radius 1 is 1.30 bits per heavy atom. The lowest BCUT2D eigenvalue weighted by Crippen LogP contribution is -2.60. The van der Waals surface area contributed by atoms with E-state index in [1.54, 1.807) is 6.92 Å². The molecule has 6 N–H and O–H groups in total. The lowest BCUT2D eigenvalue weighted by molar-refractivity contribution is -0.230. The number of nitrogens with zero attached hydrogens (tertiary/aromatic N) is 4. The van der Waals surface area contributed by atoms with E-state index in [-0.39, 0.29) is 23.7 Å². The minimum absolute atomic E-state index is 0.0120. The highest BCUT2D eigenvalue weighted by molar-refractivity contribution is 7.98. The number of hydrogen-bond donors (Lipinski definition) is 6. The molecule has 2 aromatic heterocycles. The van der Waals surface area contributed by atoms with Gasteiger partial charge < -0.3 is 25.0 Å².